The maximum Gasteiger partial charge on any atom is 0.324 e. The fraction of sp³-hybridized carbons (Fsp3) is 0.0417. The van der Waals surface area contributed by atoms with Crippen molar-refractivity contribution in [3.8, 4) is 11.1 Å². The summed E-state index contributed by atoms with van der Waals surface area (Å²) in [6.45, 7) is 1.93. The van der Waals surface area contributed by atoms with Crippen molar-refractivity contribution in [2.24, 2.45) is 0 Å². The molecule has 0 aliphatic heterocycles. The molecule has 3 N–H and O–H groups in total. The standard InChI is InChI=1S/C24H20N4O2S/c1-16-9-11-25-22(13-16)28-24(30)27-21-14-19(7-8-20(21)18-10-12-31-15-18)26-23(29)17-5-3-2-4-6-17/h2-15H,1H3,(H,26,29)(H2,25,27,28,30). The van der Waals surface area contributed by atoms with Crippen LogP contribution in [0.5, 0.6) is 0 Å². The molecule has 0 bridgehead atoms. The van der Waals surface area contributed by atoms with Crippen LogP contribution < -0.4 is 16.0 Å². The number of aromatic nitrogens is 1. The van der Waals surface area contributed by atoms with E-state index in [-0.39, 0.29) is 5.91 Å². The molecule has 0 atom stereocenters. The van der Waals surface area contributed by atoms with Crippen LogP contribution in [0.15, 0.2) is 83.7 Å². The van der Waals surface area contributed by atoms with Crippen molar-refractivity contribution in [2.75, 3.05) is 16.0 Å². The highest BCUT2D eigenvalue weighted by Gasteiger charge is 2.13. The van der Waals surface area contributed by atoms with Crippen LogP contribution in [0.3, 0.4) is 0 Å². The average Bonchev–Trinajstić information content (AvgIpc) is 3.29. The average molecular weight is 429 g/mol. The number of anilines is 3. The van der Waals surface area contributed by atoms with Gasteiger partial charge in [0.2, 0.25) is 0 Å². The smallest absolute Gasteiger partial charge is 0.322 e. The maximum atomic E-state index is 12.6. The number of aryl methyl sites for hydroxylation is 1. The summed E-state index contributed by atoms with van der Waals surface area (Å²) in [5.41, 5.74) is 4.55. The van der Waals surface area contributed by atoms with E-state index in [4.69, 9.17) is 0 Å². The van der Waals surface area contributed by atoms with Crippen LogP contribution in [0.2, 0.25) is 0 Å². The first-order valence-corrected chi connectivity index (χ1v) is 10.6. The Morgan fingerprint density at radius 3 is 2.48 bits per heavy atom. The Morgan fingerprint density at radius 2 is 1.74 bits per heavy atom. The number of rotatable bonds is 5. The Kier molecular flexibility index (Phi) is 6.05. The van der Waals surface area contributed by atoms with Gasteiger partial charge < -0.3 is 10.6 Å². The third-order valence-corrected chi connectivity index (χ3v) is 5.23. The van der Waals surface area contributed by atoms with E-state index < -0.39 is 6.03 Å². The van der Waals surface area contributed by atoms with Gasteiger partial charge in [0.1, 0.15) is 5.82 Å². The molecule has 3 amide bonds. The molecule has 0 radical (unpaired) electrons. The number of amides is 3. The fourth-order valence-electron chi connectivity index (χ4n) is 3.06. The predicted octanol–water partition coefficient (Wildman–Crippen LogP) is 6.01. The first-order valence-electron chi connectivity index (χ1n) is 9.62. The predicted molar refractivity (Wildman–Crippen MR) is 126 cm³/mol. The second kappa shape index (κ2) is 9.23. The molecule has 7 heteroatoms. The summed E-state index contributed by atoms with van der Waals surface area (Å²) in [5, 5.41) is 12.5. The lowest BCUT2D eigenvalue weighted by Gasteiger charge is -2.14. The second-order valence-corrected chi connectivity index (χ2v) is 7.67. The zero-order valence-corrected chi connectivity index (χ0v) is 17.6. The molecule has 0 aliphatic rings. The van der Waals surface area contributed by atoms with E-state index in [1.807, 2.05) is 60.1 Å². The summed E-state index contributed by atoms with van der Waals surface area (Å²) in [7, 11) is 0. The summed E-state index contributed by atoms with van der Waals surface area (Å²) >= 11 is 1.57. The molecular weight excluding hydrogens is 408 g/mol. The quantitative estimate of drug-likeness (QED) is 0.364. The Labute approximate surface area is 184 Å². The van der Waals surface area contributed by atoms with Crippen LogP contribution in [-0.2, 0) is 0 Å². The number of carbonyl (C=O) groups excluding carboxylic acids is 2. The Morgan fingerprint density at radius 1 is 0.903 bits per heavy atom. The van der Waals surface area contributed by atoms with Gasteiger partial charge in [-0.1, -0.05) is 24.3 Å². The number of hydrogen-bond donors (Lipinski definition) is 3. The largest absolute Gasteiger partial charge is 0.324 e. The van der Waals surface area contributed by atoms with Gasteiger partial charge in [-0.05, 0) is 71.3 Å². The van der Waals surface area contributed by atoms with Gasteiger partial charge >= 0.3 is 6.03 Å². The van der Waals surface area contributed by atoms with Crippen LogP contribution >= 0.6 is 11.3 Å². The Hall–Kier alpha value is -3.97. The van der Waals surface area contributed by atoms with Crippen LogP contribution in [-0.4, -0.2) is 16.9 Å². The van der Waals surface area contributed by atoms with Crippen molar-refractivity contribution in [3.63, 3.8) is 0 Å². The van der Waals surface area contributed by atoms with Crippen LogP contribution in [0.1, 0.15) is 15.9 Å². The molecule has 4 aromatic rings. The van der Waals surface area contributed by atoms with Crippen LogP contribution in [0, 0.1) is 6.92 Å². The minimum absolute atomic E-state index is 0.219. The van der Waals surface area contributed by atoms with E-state index in [0.717, 1.165) is 16.7 Å². The highest BCUT2D eigenvalue weighted by atomic mass is 32.1. The number of nitrogens with zero attached hydrogens (tertiary/aromatic N) is 1. The van der Waals surface area contributed by atoms with Gasteiger partial charge in [0.05, 0.1) is 5.69 Å². The zero-order chi connectivity index (χ0) is 21.6. The number of nitrogens with one attached hydrogen (secondary N) is 3. The van der Waals surface area contributed by atoms with Crippen molar-refractivity contribution in [2.45, 2.75) is 6.92 Å². The summed E-state index contributed by atoms with van der Waals surface area (Å²) in [5.74, 6) is 0.242. The molecule has 154 valence electrons. The second-order valence-electron chi connectivity index (χ2n) is 6.89. The van der Waals surface area contributed by atoms with Crippen molar-refractivity contribution < 1.29 is 9.59 Å². The number of carbonyl (C=O) groups is 2. The van der Waals surface area contributed by atoms with E-state index in [9.17, 15) is 9.59 Å². The number of urea groups is 1. The third kappa shape index (κ3) is 5.15. The molecule has 6 nitrogen and oxygen atoms in total. The molecule has 0 saturated heterocycles. The Balaban J connectivity index is 1.58. The molecule has 0 spiro atoms. The zero-order valence-electron chi connectivity index (χ0n) is 16.8. The van der Waals surface area contributed by atoms with E-state index in [1.165, 1.54) is 0 Å². The monoisotopic (exact) mass is 428 g/mol. The molecule has 0 fully saturated rings. The first kappa shape index (κ1) is 20.3. The highest BCUT2D eigenvalue weighted by molar-refractivity contribution is 7.08. The van der Waals surface area contributed by atoms with E-state index in [2.05, 4.69) is 20.9 Å². The topological polar surface area (TPSA) is 83.1 Å². The van der Waals surface area contributed by atoms with Gasteiger partial charge in [0.25, 0.3) is 5.91 Å². The summed E-state index contributed by atoms with van der Waals surface area (Å²) in [6, 6.07) is 19.6. The van der Waals surface area contributed by atoms with Gasteiger partial charge in [0, 0.05) is 23.0 Å². The van der Waals surface area contributed by atoms with E-state index in [1.54, 1.807) is 41.8 Å². The van der Waals surface area contributed by atoms with Gasteiger partial charge in [-0.25, -0.2) is 9.78 Å². The summed E-state index contributed by atoms with van der Waals surface area (Å²) in [6.07, 6.45) is 1.64. The molecule has 0 aliphatic carbocycles. The summed E-state index contributed by atoms with van der Waals surface area (Å²) < 4.78 is 0. The van der Waals surface area contributed by atoms with Gasteiger partial charge in [-0.15, -0.1) is 0 Å². The van der Waals surface area contributed by atoms with Gasteiger partial charge in [-0.2, -0.15) is 11.3 Å². The normalized spacial score (nSPS) is 10.4. The van der Waals surface area contributed by atoms with Crippen molar-refractivity contribution >= 4 is 40.5 Å². The lowest BCUT2D eigenvalue weighted by atomic mass is 10.1. The minimum Gasteiger partial charge on any atom is -0.322 e. The fourth-order valence-corrected chi connectivity index (χ4v) is 3.72. The molecule has 0 unspecified atom stereocenters. The third-order valence-electron chi connectivity index (χ3n) is 4.55. The number of thiophene rings is 1. The lowest BCUT2D eigenvalue weighted by molar-refractivity contribution is 0.102. The minimum atomic E-state index is -0.416. The lowest BCUT2D eigenvalue weighted by Crippen LogP contribution is -2.21. The highest BCUT2D eigenvalue weighted by Crippen LogP contribution is 2.32. The van der Waals surface area contributed by atoms with Crippen molar-refractivity contribution in [1.29, 1.82) is 0 Å². The number of benzene rings is 2. The maximum absolute atomic E-state index is 12.6. The number of hydrogen-bond acceptors (Lipinski definition) is 4. The molecule has 2 aromatic heterocycles. The van der Waals surface area contributed by atoms with E-state index >= 15 is 0 Å². The number of pyridine rings is 1. The van der Waals surface area contributed by atoms with Crippen LogP contribution in [0.25, 0.3) is 11.1 Å². The molecule has 31 heavy (non-hydrogen) atoms. The summed E-state index contributed by atoms with van der Waals surface area (Å²) in [4.78, 5) is 29.3. The SMILES string of the molecule is Cc1ccnc(NC(=O)Nc2cc(NC(=O)c3ccccc3)ccc2-c2ccsc2)c1. The van der Waals surface area contributed by atoms with Crippen LogP contribution in [0.4, 0.5) is 22.0 Å². The van der Waals surface area contributed by atoms with E-state index in [0.29, 0.717) is 22.8 Å². The first-order chi connectivity index (χ1) is 15.1. The Bertz CT molecular complexity index is 1210. The molecule has 2 heterocycles. The van der Waals surface area contributed by atoms with Gasteiger partial charge in [0.15, 0.2) is 0 Å². The molecule has 2 aromatic carbocycles. The van der Waals surface area contributed by atoms with Crippen molar-refractivity contribution in [3.05, 3.63) is 94.8 Å². The molecule has 4 rings (SSSR count). The molecular formula is C24H20N4O2S. The van der Waals surface area contributed by atoms with Crippen molar-refractivity contribution in [1.82, 2.24) is 4.98 Å². The van der Waals surface area contributed by atoms with Gasteiger partial charge in [-0.3, -0.25) is 10.1 Å². The molecule has 0 saturated carbocycles.